The number of ether oxygens (including phenoxy) is 1. The molecule has 2 heterocycles. The minimum Gasteiger partial charge on any atom is -0.465 e. The smallest absolute Gasteiger partial charge is 0.321 e. The van der Waals surface area contributed by atoms with Gasteiger partial charge in [-0.3, -0.25) is 14.9 Å². The van der Waals surface area contributed by atoms with Crippen LogP contribution in [-0.2, 0) is 14.3 Å². The van der Waals surface area contributed by atoms with Crippen LogP contribution in [0.25, 0.3) is 11.0 Å². The zero-order valence-corrected chi connectivity index (χ0v) is 15.8. The third kappa shape index (κ3) is 2.95. The number of imidazole rings is 1. The number of fused-ring (bicyclic) bond motifs is 3. The lowest BCUT2D eigenvalue weighted by Gasteiger charge is -2.32. The zero-order valence-electron chi connectivity index (χ0n) is 14.3. The molecule has 2 aromatic carbocycles. The molecule has 0 saturated heterocycles. The minimum absolute atomic E-state index is 0.175. The van der Waals surface area contributed by atoms with Gasteiger partial charge >= 0.3 is 5.97 Å². The molecule has 1 aliphatic rings. The van der Waals surface area contributed by atoms with E-state index in [-0.39, 0.29) is 6.61 Å². The van der Waals surface area contributed by atoms with Crippen LogP contribution in [0, 0.1) is 5.92 Å². The number of aromatic nitrogens is 2. The van der Waals surface area contributed by atoms with Gasteiger partial charge in [0.05, 0.1) is 33.7 Å². The predicted molar refractivity (Wildman–Crippen MR) is 103 cm³/mol. The van der Waals surface area contributed by atoms with Gasteiger partial charge < -0.3 is 9.30 Å². The summed E-state index contributed by atoms with van der Waals surface area (Å²) < 4.78 is 7.00. The second-order valence-electron chi connectivity index (χ2n) is 6.13. The molecule has 138 valence electrons. The molecule has 1 aromatic heterocycles. The van der Waals surface area contributed by atoms with Crippen LogP contribution in [0.4, 0.5) is 5.95 Å². The first-order chi connectivity index (χ1) is 13.0. The monoisotopic (exact) mass is 403 g/mol. The number of carbonyl (C=O) groups excluding carboxylic acids is 2. The maximum Gasteiger partial charge on any atom is 0.321 e. The Bertz CT molecular complexity index is 1060. The van der Waals surface area contributed by atoms with E-state index in [1.165, 1.54) is 0 Å². The Kier molecular flexibility index (Phi) is 4.53. The van der Waals surface area contributed by atoms with Gasteiger partial charge in [0.15, 0.2) is 5.92 Å². The summed E-state index contributed by atoms with van der Waals surface area (Å²) in [6.07, 6.45) is 0. The van der Waals surface area contributed by atoms with E-state index in [2.05, 4.69) is 10.3 Å². The van der Waals surface area contributed by atoms with E-state index in [0.717, 1.165) is 5.52 Å². The Labute approximate surface area is 165 Å². The lowest BCUT2D eigenvalue weighted by molar-refractivity contribution is -0.152. The first-order valence-corrected chi connectivity index (χ1v) is 9.16. The van der Waals surface area contributed by atoms with Crippen molar-refractivity contribution >= 4 is 52.1 Å². The molecular weight excluding hydrogens is 389 g/mol. The van der Waals surface area contributed by atoms with E-state index in [1.54, 1.807) is 25.1 Å². The summed E-state index contributed by atoms with van der Waals surface area (Å²) in [5, 5.41) is 3.45. The molecule has 0 unspecified atom stereocenters. The SMILES string of the molecule is CCOC(=O)[C@H]1C(=O)Nc2nc3ccccc3n2[C@H]1c1ccc(Cl)c(Cl)c1. The summed E-state index contributed by atoms with van der Waals surface area (Å²) in [5.41, 5.74) is 2.17. The molecule has 27 heavy (non-hydrogen) atoms. The average molecular weight is 404 g/mol. The van der Waals surface area contributed by atoms with Crippen molar-refractivity contribution < 1.29 is 14.3 Å². The molecule has 1 N–H and O–H groups in total. The fraction of sp³-hybridized carbons (Fsp3) is 0.211. The van der Waals surface area contributed by atoms with Crippen molar-refractivity contribution in [2.75, 3.05) is 11.9 Å². The second-order valence-corrected chi connectivity index (χ2v) is 6.95. The Hall–Kier alpha value is -2.57. The van der Waals surface area contributed by atoms with Crippen LogP contribution in [0.1, 0.15) is 18.5 Å². The largest absolute Gasteiger partial charge is 0.465 e. The highest BCUT2D eigenvalue weighted by molar-refractivity contribution is 6.42. The normalized spacial score (nSPS) is 18.9. The van der Waals surface area contributed by atoms with E-state index in [0.29, 0.717) is 27.1 Å². The fourth-order valence-electron chi connectivity index (χ4n) is 3.40. The van der Waals surface area contributed by atoms with E-state index in [4.69, 9.17) is 27.9 Å². The van der Waals surface area contributed by atoms with E-state index < -0.39 is 23.8 Å². The van der Waals surface area contributed by atoms with Crippen molar-refractivity contribution in [3.8, 4) is 0 Å². The number of esters is 1. The van der Waals surface area contributed by atoms with Gasteiger partial charge in [-0.15, -0.1) is 0 Å². The van der Waals surface area contributed by atoms with Crippen molar-refractivity contribution in [1.29, 1.82) is 0 Å². The second kappa shape index (κ2) is 6.87. The zero-order chi connectivity index (χ0) is 19.1. The first-order valence-electron chi connectivity index (χ1n) is 8.40. The summed E-state index contributed by atoms with van der Waals surface area (Å²) >= 11 is 12.3. The molecule has 0 spiro atoms. The minimum atomic E-state index is -1.08. The van der Waals surface area contributed by atoms with Gasteiger partial charge in [0, 0.05) is 0 Å². The molecule has 8 heteroatoms. The van der Waals surface area contributed by atoms with Gasteiger partial charge in [0.25, 0.3) is 0 Å². The van der Waals surface area contributed by atoms with E-state index >= 15 is 0 Å². The molecule has 0 fully saturated rings. The van der Waals surface area contributed by atoms with Crippen molar-refractivity contribution in [2.24, 2.45) is 5.92 Å². The quantitative estimate of drug-likeness (QED) is 0.528. The van der Waals surface area contributed by atoms with Crippen LogP contribution < -0.4 is 5.32 Å². The van der Waals surface area contributed by atoms with E-state index in [1.807, 2.05) is 28.8 Å². The third-order valence-corrected chi connectivity index (χ3v) is 5.27. The Morgan fingerprint density at radius 3 is 2.74 bits per heavy atom. The van der Waals surface area contributed by atoms with Gasteiger partial charge in [-0.05, 0) is 36.8 Å². The number of anilines is 1. The van der Waals surface area contributed by atoms with Crippen LogP contribution in [0.5, 0.6) is 0 Å². The number of hydrogen-bond donors (Lipinski definition) is 1. The van der Waals surface area contributed by atoms with Crippen LogP contribution in [-0.4, -0.2) is 28.0 Å². The number of amides is 1. The predicted octanol–water partition coefficient (Wildman–Crippen LogP) is 4.06. The van der Waals surface area contributed by atoms with Gasteiger partial charge in [0.1, 0.15) is 0 Å². The third-order valence-electron chi connectivity index (χ3n) is 4.53. The van der Waals surface area contributed by atoms with Gasteiger partial charge in [0.2, 0.25) is 11.9 Å². The van der Waals surface area contributed by atoms with Crippen molar-refractivity contribution in [3.63, 3.8) is 0 Å². The number of carbonyl (C=O) groups is 2. The molecule has 0 saturated carbocycles. The molecular formula is C19H15Cl2N3O3. The highest BCUT2D eigenvalue weighted by Crippen LogP contribution is 2.40. The topological polar surface area (TPSA) is 73.2 Å². The van der Waals surface area contributed by atoms with Gasteiger partial charge in [-0.25, -0.2) is 4.98 Å². The lowest BCUT2D eigenvalue weighted by Crippen LogP contribution is -2.43. The number of hydrogen-bond acceptors (Lipinski definition) is 4. The van der Waals surface area contributed by atoms with E-state index in [9.17, 15) is 9.59 Å². The van der Waals surface area contributed by atoms with Crippen molar-refractivity contribution in [3.05, 3.63) is 58.1 Å². The summed E-state index contributed by atoms with van der Waals surface area (Å²) in [7, 11) is 0. The summed E-state index contributed by atoms with van der Waals surface area (Å²) in [6, 6.07) is 11.9. The van der Waals surface area contributed by atoms with Crippen LogP contribution in [0.3, 0.4) is 0 Å². The molecule has 4 rings (SSSR count). The molecule has 3 aromatic rings. The van der Waals surface area contributed by atoms with Gasteiger partial charge in [-0.2, -0.15) is 0 Å². The standard InChI is InChI=1S/C19H15Cl2N3O3/c1-2-27-18(26)15-16(10-7-8-11(20)12(21)9-10)24-14-6-4-3-5-13(14)22-19(24)23-17(15)25/h3-9,15-16H,2H2,1H3,(H,22,23,25)/t15-,16+/m1/s1. The number of para-hydroxylation sites is 2. The highest BCUT2D eigenvalue weighted by Gasteiger charge is 2.44. The number of rotatable bonds is 3. The Morgan fingerprint density at radius 1 is 1.22 bits per heavy atom. The number of nitrogens with one attached hydrogen (secondary N) is 1. The molecule has 1 aliphatic heterocycles. The Balaban J connectivity index is 1.97. The van der Waals surface area contributed by atoms with Crippen molar-refractivity contribution in [2.45, 2.75) is 13.0 Å². The summed E-state index contributed by atoms with van der Waals surface area (Å²) in [4.78, 5) is 29.9. The number of halogens is 2. The highest BCUT2D eigenvalue weighted by atomic mass is 35.5. The van der Waals surface area contributed by atoms with Crippen LogP contribution >= 0.6 is 23.2 Å². The molecule has 2 atom stereocenters. The molecule has 0 aliphatic carbocycles. The maximum atomic E-state index is 12.8. The summed E-state index contributed by atoms with van der Waals surface area (Å²) in [6.45, 7) is 1.87. The first kappa shape index (κ1) is 17.8. The Morgan fingerprint density at radius 2 is 2.00 bits per heavy atom. The number of benzene rings is 2. The number of nitrogens with zero attached hydrogens (tertiary/aromatic N) is 2. The molecule has 0 bridgehead atoms. The van der Waals surface area contributed by atoms with Gasteiger partial charge in [-0.1, -0.05) is 41.4 Å². The molecule has 6 nitrogen and oxygen atoms in total. The van der Waals surface area contributed by atoms with Crippen LogP contribution in [0.2, 0.25) is 10.0 Å². The van der Waals surface area contributed by atoms with Crippen molar-refractivity contribution in [1.82, 2.24) is 9.55 Å². The lowest BCUT2D eigenvalue weighted by atomic mass is 9.90. The average Bonchev–Trinajstić information content (AvgIpc) is 3.00. The maximum absolute atomic E-state index is 12.8. The molecule has 0 radical (unpaired) electrons. The van der Waals surface area contributed by atoms with Crippen LogP contribution in [0.15, 0.2) is 42.5 Å². The summed E-state index contributed by atoms with van der Waals surface area (Å²) in [5.74, 6) is -1.77. The fourth-order valence-corrected chi connectivity index (χ4v) is 3.71. The molecule has 1 amide bonds.